The van der Waals surface area contributed by atoms with E-state index in [1.54, 1.807) is 0 Å². The minimum atomic E-state index is 0.554. The largest absolute Gasteiger partial charge is 0.494 e. The van der Waals surface area contributed by atoms with Crippen molar-refractivity contribution in [1.82, 2.24) is 5.32 Å². The van der Waals surface area contributed by atoms with Crippen molar-refractivity contribution in [3.05, 3.63) is 29.8 Å². The van der Waals surface area contributed by atoms with E-state index < -0.39 is 0 Å². The van der Waals surface area contributed by atoms with Crippen LogP contribution >= 0.6 is 0 Å². The molecule has 0 amide bonds. The van der Waals surface area contributed by atoms with Crippen molar-refractivity contribution < 1.29 is 9.47 Å². The third kappa shape index (κ3) is 5.68. The number of benzene rings is 1. The predicted molar refractivity (Wildman–Crippen MR) is 86.9 cm³/mol. The molecule has 0 aliphatic carbocycles. The Morgan fingerprint density at radius 1 is 1.33 bits per heavy atom. The fourth-order valence-electron chi connectivity index (χ4n) is 2.96. The van der Waals surface area contributed by atoms with Gasteiger partial charge in [-0.2, -0.15) is 0 Å². The zero-order valence-corrected chi connectivity index (χ0v) is 13.4. The highest BCUT2D eigenvalue weighted by Gasteiger charge is 2.23. The molecular weight excluding hydrogens is 262 g/mol. The van der Waals surface area contributed by atoms with Crippen LogP contribution in [-0.2, 0) is 4.74 Å². The highest BCUT2D eigenvalue weighted by Crippen LogP contribution is 2.21. The zero-order chi connectivity index (χ0) is 14.9. The first-order valence-electron chi connectivity index (χ1n) is 8.30. The van der Waals surface area contributed by atoms with Crippen LogP contribution in [0.4, 0.5) is 0 Å². The molecule has 118 valence electrons. The predicted octanol–water partition coefficient (Wildman–Crippen LogP) is 3.56. The number of aryl methyl sites for hydroxylation is 1. The Kier molecular flexibility index (Phi) is 7.04. The lowest BCUT2D eigenvalue weighted by Gasteiger charge is -2.31. The molecule has 0 saturated carbocycles. The molecule has 1 atom stereocenters. The van der Waals surface area contributed by atoms with Crippen LogP contribution in [0.25, 0.3) is 0 Å². The van der Waals surface area contributed by atoms with Crippen LogP contribution in [0.5, 0.6) is 5.75 Å². The SMILES string of the molecule is CCCNC(CCOc1cccc(C)c1)C1CCOCC1. The van der Waals surface area contributed by atoms with Crippen molar-refractivity contribution >= 4 is 0 Å². The number of hydrogen-bond donors (Lipinski definition) is 1. The van der Waals surface area contributed by atoms with Gasteiger partial charge in [0, 0.05) is 19.3 Å². The van der Waals surface area contributed by atoms with Gasteiger partial charge in [-0.05, 0) is 62.8 Å². The van der Waals surface area contributed by atoms with Crippen LogP contribution in [0.3, 0.4) is 0 Å². The van der Waals surface area contributed by atoms with Crippen LogP contribution < -0.4 is 10.1 Å². The van der Waals surface area contributed by atoms with Crippen molar-refractivity contribution in [3.63, 3.8) is 0 Å². The van der Waals surface area contributed by atoms with Gasteiger partial charge in [0.1, 0.15) is 5.75 Å². The molecule has 1 aliphatic rings. The van der Waals surface area contributed by atoms with E-state index in [2.05, 4.69) is 37.4 Å². The molecule has 1 unspecified atom stereocenters. The van der Waals surface area contributed by atoms with E-state index in [9.17, 15) is 0 Å². The third-order valence-corrected chi connectivity index (χ3v) is 4.18. The van der Waals surface area contributed by atoms with Gasteiger partial charge in [-0.1, -0.05) is 19.1 Å². The fourth-order valence-corrected chi connectivity index (χ4v) is 2.96. The second-order valence-electron chi connectivity index (χ2n) is 5.96. The summed E-state index contributed by atoms with van der Waals surface area (Å²) >= 11 is 0. The maximum absolute atomic E-state index is 5.92. The van der Waals surface area contributed by atoms with E-state index in [-0.39, 0.29) is 0 Å². The number of rotatable bonds is 8. The summed E-state index contributed by atoms with van der Waals surface area (Å²) in [5.74, 6) is 1.71. The highest BCUT2D eigenvalue weighted by atomic mass is 16.5. The summed E-state index contributed by atoms with van der Waals surface area (Å²) in [6, 6.07) is 8.84. The van der Waals surface area contributed by atoms with Gasteiger partial charge < -0.3 is 14.8 Å². The first-order valence-corrected chi connectivity index (χ1v) is 8.30. The van der Waals surface area contributed by atoms with Crippen molar-refractivity contribution in [2.75, 3.05) is 26.4 Å². The molecule has 1 saturated heterocycles. The average Bonchev–Trinajstić information content (AvgIpc) is 2.51. The van der Waals surface area contributed by atoms with E-state index in [4.69, 9.17) is 9.47 Å². The Labute approximate surface area is 129 Å². The van der Waals surface area contributed by atoms with Gasteiger partial charge in [-0.3, -0.25) is 0 Å². The summed E-state index contributed by atoms with van der Waals surface area (Å²) in [5.41, 5.74) is 1.25. The molecule has 1 aromatic carbocycles. The van der Waals surface area contributed by atoms with Crippen molar-refractivity contribution in [2.45, 2.75) is 45.6 Å². The Hall–Kier alpha value is -1.06. The lowest BCUT2D eigenvalue weighted by atomic mass is 9.90. The smallest absolute Gasteiger partial charge is 0.119 e. The van der Waals surface area contributed by atoms with Crippen LogP contribution in [0.2, 0.25) is 0 Å². The van der Waals surface area contributed by atoms with Gasteiger partial charge in [0.15, 0.2) is 0 Å². The summed E-state index contributed by atoms with van der Waals surface area (Å²) in [7, 11) is 0. The van der Waals surface area contributed by atoms with Crippen molar-refractivity contribution in [2.24, 2.45) is 5.92 Å². The molecule has 1 heterocycles. The minimum Gasteiger partial charge on any atom is -0.494 e. The van der Waals surface area contributed by atoms with E-state index in [1.807, 2.05) is 6.07 Å². The number of nitrogens with one attached hydrogen (secondary N) is 1. The first-order chi connectivity index (χ1) is 10.3. The van der Waals surface area contributed by atoms with Crippen molar-refractivity contribution in [1.29, 1.82) is 0 Å². The molecule has 1 N–H and O–H groups in total. The van der Waals surface area contributed by atoms with Gasteiger partial charge in [0.2, 0.25) is 0 Å². The van der Waals surface area contributed by atoms with Gasteiger partial charge in [-0.25, -0.2) is 0 Å². The van der Waals surface area contributed by atoms with Crippen LogP contribution in [0, 0.1) is 12.8 Å². The van der Waals surface area contributed by atoms with Gasteiger partial charge in [-0.15, -0.1) is 0 Å². The van der Waals surface area contributed by atoms with Crippen LogP contribution in [0.15, 0.2) is 24.3 Å². The molecule has 1 aliphatic heterocycles. The molecule has 3 nitrogen and oxygen atoms in total. The fraction of sp³-hybridized carbons (Fsp3) is 0.667. The quantitative estimate of drug-likeness (QED) is 0.794. The average molecular weight is 291 g/mol. The monoisotopic (exact) mass is 291 g/mol. The van der Waals surface area contributed by atoms with Crippen LogP contribution in [0.1, 0.15) is 38.2 Å². The molecule has 21 heavy (non-hydrogen) atoms. The highest BCUT2D eigenvalue weighted by molar-refractivity contribution is 5.27. The molecule has 0 bridgehead atoms. The lowest BCUT2D eigenvalue weighted by Crippen LogP contribution is -2.40. The maximum atomic E-state index is 5.92. The first kappa shape index (κ1) is 16.3. The molecule has 2 rings (SSSR count). The van der Waals surface area contributed by atoms with Crippen molar-refractivity contribution in [3.8, 4) is 5.75 Å². The van der Waals surface area contributed by atoms with Gasteiger partial charge in [0.05, 0.1) is 6.61 Å². The summed E-state index contributed by atoms with van der Waals surface area (Å²) < 4.78 is 11.4. The van der Waals surface area contributed by atoms with E-state index in [0.717, 1.165) is 44.5 Å². The maximum Gasteiger partial charge on any atom is 0.119 e. The van der Waals surface area contributed by atoms with Crippen LogP contribution in [-0.4, -0.2) is 32.4 Å². The Bertz CT molecular complexity index is 402. The molecule has 1 aromatic rings. The number of hydrogen-bond acceptors (Lipinski definition) is 3. The summed E-state index contributed by atoms with van der Waals surface area (Å²) in [6.07, 6.45) is 4.59. The summed E-state index contributed by atoms with van der Waals surface area (Å²) in [5, 5.41) is 3.70. The third-order valence-electron chi connectivity index (χ3n) is 4.18. The van der Waals surface area contributed by atoms with Gasteiger partial charge >= 0.3 is 0 Å². The molecule has 0 radical (unpaired) electrons. The lowest BCUT2D eigenvalue weighted by molar-refractivity contribution is 0.0505. The van der Waals surface area contributed by atoms with E-state index in [0.29, 0.717) is 6.04 Å². The molecule has 1 fully saturated rings. The molecule has 3 heteroatoms. The Morgan fingerprint density at radius 3 is 2.86 bits per heavy atom. The standard InChI is InChI=1S/C18H29NO2/c1-3-10-19-18(16-7-11-20-12-8-16)9-13-21-17-6-4-5-15(2)14-17/h4-6,14,16,18-19H,3,7-13H2,1-2H3. The van der Waals surface area contributed by atoms with E-state index in [1.165, 1.54) is 24.8 Å². The minimum absolute atomic E-state index is 0.554. The second kappa shape index (κ2) is 9.06. The normalized spacial score (nSPS) is 17.6. The Balaban J connectivity index is 1.80. The second-order valence-corrected chi connectivity index (χ2v) is 5.96. The van der Waals surface area contributed by atoms with E-state index >= 15 is 0 Å². The van der Waals surface area contributed by atoms with Gasteiger partial charge in [0.25, 0.3) is 0 Å². The Morgan fingerprint density at radius 2 is 2.14 bits per heavy atom. The number of ether oxygens (including phenoxy) is 2. The molecule has 0 aromatic heterocycles. The summed E-state index contributed by atoms with van der Waals surface area (Å²) in [4.78, 5) is 0. The summed E-state index contributed by atoms with van der Waals surface area (Å²) in [6.45, 7) is 8.01. The topological polar surface area (TPSA) is 30.5 Å². The molecular formula is C18H29NO2. The zero-order valence-electron chi connectivity index (χ0n) is 13.4. The molecule has 0 spiro atoms.